The minimum atomic E-state index is -4.37. The van der Waals surface area contributed by atoms with Crippen LogP contribution in [0, 0.1) is 13.8 Å². The lowest BCUT2D eigenvalue weighted by Gasteiger charge is -2.17. The first-order valence-electron chi connectivity index (χ1n) is 10.4. The van der Waals surface area contributed by atoms with E-state index in [-0.39, 0.29) is 12.5 Å². The van der Waals surface area contributed by atoms with E-state index in [1.165, 1.54) is 23.5 Å². The Bertz CT molecular complexity index is 1110. The van der Waals surface area contributed by atoms with E-state index in [9.17, 15) is 18.0 Å². The van der Waals surface area contributed by atoms with Crippen LogP contribution in [0.1, 0.15) is 54.5 Å². The van der Waals surface area contributed by atoms with Gasteiger partial charge in [0.05, 0.1) is 16.1 Å². The molecule has 0 amide bonds. The summed E-state index contributed by atoms with van der Waals surface area (Å²) in [5.74, 6) is 0.554. The minimum absolute atomic E-state index is 0.209. The fourth-order valence-electron chi connectivity index (χ4n) is 3.06. The number of ether oxygens (including phenoxy) is 1. The van der Waals surface area contributed by atoms with Crippen molar-refractivity contribution < 1.29 is 32.5 Å². The Morgan fingerprint density at radius 1 is 1.09 bits per heavy atom. The molecule has 2 aromatic carbocycles. The molecule has 1 aromatic heterocycles. The molecule has 1 heterocycles. The van der Waals surface area contributed by atoms with Gasteiger partial charge in [0.15, 0.2) is 5.75 Å². The first kappa shape index (κ1) is 24.6. The van der Waals surface area contributed by atoms with Gasteiger partial charge in [-0.1, -0.05) is 26.0 Å². The highest BCUT2D eigenvalue weighted by atomic mass is 32.1. The Kier molecular flexibility index (Phi) is 7.63. The summed E-state index contributed by atoms with van der Waals surface area (Å²) in [5, 5.41) is 0.635. The SMILES string of the molecule is CCC(=O)OOc1ccc(OC(CC)c2sc(-c3ccc(C(F)(F)F)cc3)nc2C)cc1C. The van der Waals surface area contributed by atoms with Gasteiger partial charge in [-0.3, -0.25) is 9.78 Å². The number of thiazole rings is 1. The lowest BCUT2D eigenvalue weighted by molar-refractivity contribution is -0.213. The predicted molar refractivity (Wildman–Crippen MR) is 119 cm³/mol. The molecule has 9 heteroatoms. The van der Waals surface area contributed by atoms with Crippen LogP contribution in [-0.4, -0.2) is 11.0 Å². The normalized spacial score (nSPS) is 12.3. The summed E-state index contributed by atoms with van der Waals surface area (Å²) in [6, 6.07) is 10.1. The van der Waals surface area contributed by atoms with Gasteiger partial charge in [0.2, 0.25) is 0 Å². The summed E-state index contributed by atoms with van der Waals surface area (Å²) in [6.07, 6.45) is -3.78. The van der Waals surface area contributed by atoms with Gasteiger partial charge in [-0.2, -0.15) is 13.2 Å². The van der Waals surface area contributed by atoms with Gasteiger partial charge in [-0.05, 0) is 50.6 Å². The maximum atomic E-state index is 12.8. The number of hydrogen-bond donors (Lipinski definition) is 0. The number of alkyl halides is 3. The Morgan fingerprint density at radius 2 is 1.79 bits per heavy atom. The molecular formula is C24H24F3NO4S. The third kappa shape index (κ3) is 6.04. The Hall–Kier alpha value is -3.07. The molecule has 3 rings (SSSR count). The quantitative estimate of drug-likeness (QED) is 0.252. The van der Waals surface area contributed by atoms with Crippen molar-refractivity contribution in [2.24, 2.45) is 0 Å². The van der Waals surface area contributed by atoms with Gasteiger partial charge >= 0.3 is 12.1 Å². The largest absolute Gasteiger partial charge is 0.485 e. The molecule has 0 fully saturated rings. The summed E-state index contributed by atoms with van der Waals surface area (Å²) in [6.45, 7) is 7.32. The summed E-state index contributed by atoms with van der Waals surface area (Å²) in [5.41, 5.74) is 1.43. The lowest BCUT2D eigenvalue weighted by Crippen LogP contribution is -2.08. The van der Waals surface area contributed by atoms with Crippen molar-refractivity contribution in [1.29, 1.82) is 0 Å². The van der Waals surface area contributed by atoms with Crippen molar-refractivity contribution in [3.63, 3.8) is 0 Å². The van der Waals surface area contributed by atoms with E-state index < -0.39 is 17.7 Å². The molecule has 3 aromatic rings. The van der Waals surface area contributed by atoms with Gasteiger partial charge in [0, 0.05) is 17.5 Å². The van der Waals surface area contributed by atoms with E-state index >= 15 is 0 Å². The van der Waals surface area contributed by atoms with E-state index in [0.29, 0.717) is 28.5 Å². The van der Waals surface area contributed by atoms with Crippen LogP contribution in [0.5, 0.6) is 11.5 Å². The Balaban J connectivity index is 1.77. The molecule has 0 saturated heterocycles. The van der Waals surface area contributed by atoms with E-state index in [1.54, 1.807) is 25.1 Å². The highest BCUT2D eigenvalue weighted by Crippen LogP contribution is 2.37. The van der Waals surface area contributed by atoms with Crippen molar-refractivity contribution in [3.8, 4) is 22.1 Å². The molecule has 0 radical (unpaired) electrons. The molecule has 176 valence electrons. The van der Waals surface area contributed by atoms with E-state index in [1.807, 2.05) is 20.8 Å². The Morgan fingerprint density at radius 3 is 2.36 bits per heavy atom. The summed E-state index contributed by atoms with van der Waals surface area (Å²) < 4.78 is 44.7. The molecule has 0 aliphatic heterocycles. The van der Waals surface area contributed by atoms with Crippen LogP contribution < -0.4 is 9.62 Å². The fraction of sp³-hybridized carbons (Fsp3) is 0.333. The monoisotopic (exact) mass is 479 g/mol. The first-order valence-corrected chi connectivity index (χ1v) is 11.2. The number of rotatable bonds is 8. The zero-order valence-corrected chi connectivity index (χ0v) is 19.5. The Labute approximate surface area is 194 Å². The topological polar surface area (TPSA) is 57.7 Å². The average Bonchev–Trinajstić information content (AvgIpc) is 3.17. The van der Waals surface area contributed by atoms with Crippen molar-refractivity contribution in [3.05, 3.63) is 64.2 Å². The van der Waals surface area contributed by atoms with Crippen molar-refractivity contribution in [2.45, 2.75) is 52.8 Å². The van der Waals surface area contributed by atoms with E-state index in [2.05, 4.69) is 4.98 Å². The molecule has 1 unspecified atom stereocenters. The standard InChI is InChI=1S/C24H24F3NO4S/c1-5-19(30-18-11-12-20(14(3)13-18)31-32-21(29)6-2)22-15(4)28-23(33-22)16-7-9-17(10-8-16)24(25,26)27/h7-13,19H,5-6H2,1-4H3. The highest BCUT2D eigenvalue weighted by Gasteiger charge is 2.30. The van der Waals surface area contributed by atoms with Gasteiger partial charge in [0.1, 0.15) is 16.9 Å². The number of hydrogen-bond acceptors (Lipinski definition) is 6. The smallest absolute Gasteiger partial charge is 0.416 e. The number of carbonyl (C=O) groups excluding carboxylic acids is 1. The molecule has 33 heavy (non-hydrogen) atoms. The molecule has 0 spiro atoms. The van der Waals surface area contributed by atoms with Gasteiger partial charge in [0.25, 0.3) is 0 Å². The molecule has 1 atom stereocenters. The minimum Gasteiger partial charge on any atom is -0.485 e. The van der Waals surface area contributed by atoms with Crippen LogP contribution in [-0.2, 0) is 15.9 Å². The summed E-state index contributed by atoms with van der Waals surface area (Å²) in [4.78, 5) is 26.5. The maximum absolute atomic E-state index is 12.8. The predicted octanol–water partition coefficient (Wildman–Crippen LogP) is 7.22. The molecule has 0 bridgehead atoms. The fourth-order valence-corrected chi connectivity index (χ4v) is 4.24. The molecule has 0 aliphatic rings. The van der Waals surface area contributed by atoms with E-state index in [4.69, 9.17) is 14.5 Å². The van der Waals surface area contributed by atoms with Crippen LogP contribution in [0.15, 0.2) is 42.5 Å². The summed E-state index contributed by atoms with van der Waals surface area (Å²) >= 11 is 1.40. The van der Waals surface area contributed by atoms with Crippen LogP contribution in [0.25, 0.3) is 10.6 Å². The highest BCUT2D eigenvalue weighted by molar-refractivity contribution is 7.15. The number of nitrogens with zero attached hydrogens (tertiary/aromatic N) is 1. The number of carbonyl (C=O) groups is 1. The third-order valence-corrected chi connectivity index (χ3v) is 6.19. The van der Waals surface area contributed by atoms with Crippen molar-refractivity contribution in [2.75, 3.05) is 0 Å². The van der Waals surface area contributed by atoms with Crippen LogP contribution in [0.3, 0.4) is 0 Å². The van der Waals surface area contributed by atoms with Gasteiger partial charge < -0.3 is 4.74 Å². The molecule has 0 saturated carbocycles. The van der Waals surface area contributed by atoms with Crippen LogP contribution in [0.2, 0.25) is 0 Å². The first-order chi connectivity index (χ1) is 15.6. The molecule has 5 nitrogen and oxygen atoms in total. The molecule has 0 N–H and O–H groups in total. The van der Waals surface area contributed by atoms with Crippen LogP contribution >= 0.6 is 11.3 Å². The number of aryl methyl sites for hydroxylation is 2. The van der Waals surface area contributed by atoms with Crippen LogP contribution in [0.4, 0.5) is 13.2 Å². The molecular weight excluding hydrogens is 455 g/mol. The average molecular weight is 480 g/mol. The summed E-state index contributed by atoms with van der Waals surface area (Å²) in [7, 11) is 0. The zero-order valence-electron chi connectivity index (χ0n) is 18.7. The second kappa shape index (κ2) is 10.2. The van der Waals surface area contributed by atoms with Gasteiger partial charge in [-0.15, -0.1) is 11.3 Å². The molecule has 0 aliphatic carbocycles. The van der Waals surface area contributed by atoms with Gasteiger partial charge in [-0.25, -0.2) is 9.78 Å². The van der Waals surface area contributed by atoms with E-state index in [0.717, 1.165) is 28.3 Å². The number of halogens is 3. The second-order valence-electron chi connectivity index (χ2n) is 7.38. The third-order valence-electron chi connectivity index (χ3n) is 4.89. The second-order valence-corrected chi connectivity index (χ2v) is 8.41. The lowest BCUT2D eigenvalue weighted by atomic mass is 10.1. The van der Waals surface area contributed by atoms with Crippen molar-refractivity contribution >= 4 is 17.3 Å². The number of benzene rings is 2. The maximum Gasteiger partial charge on any atom is 0.416 e. The zero-order chi connectivity index (χ0) is 24.2. The van der Waals surface area contributed by atoms with Crippen molar-refractivity contribution in [1.82, 2.24) is 4.98 Å². The number of aromatic nitrogens is 1.